The highest BCUT2D eigenvalue weighted by Crippen LogP contribution is 2.32. The Hall–Kier alpha value is -1.53. The number of hydrogen-bond acceptors (Lipinski definition) is 3. The first-order valence-corrected chi connectivity index (χ1v) is 8.14. The SMILES string of the molecule is CCNCc1ccc(N(C)C2CCCCC2C)c(C#N)c1. The molecule has 0 heterocycles. The molecule has 0 spiro atoms. The van der Waals surface area contributed by atoms with E-state index in [2.05, 4.69) is 49.3 Å². The van der Waals surface area contributed by atoms with Gasteiger partial charge in [-0.25, -0.2) is 0 Å². The number of nitrogens with one attached hydrogen (secondary N) is 1. The molecule has 0 aromatic heterocycles. The largest absolute Gasteiger partial charge is 0.370 e. The number of nitrogens with zero attached hydrogens (tertiary/aromatic N) is 2. The molecule has 1 N–H and O–H groups in total. The van der Waals surface area contributed by atoms with Crippen molar-refractivity contribution in [2.24, 2.45) is 5.92 Å². The average Bonchev–Trinajstić information content (AvgIpc) is 2.52. The van der Waals surface area contributed by atoms with Crippen LogP contribution in [0.3, 0.4) is 0 Å². The summed E-state index contributed by atoms with van der Waals surface area (Å²) < 4.78 is 0. The van der Waals surface area contributed by atoms with Gasteiger partial charge >= 0.3 is 0 Å². The summed E-state index contributed by atoms with van der Waals surface area (Å²) in [6.45, 7) is 6.21. The van der Waals surface area contributed by atoms with Crippen molar-refractivity contribution in [2.45, 2.75) is 52.1 Å². The Kier molecular flexibility index (Phi) is 5.64. The molecule has 114 valence electrons. The molecule has 0 radical (unpaired) electrons. The molecule has 0 saturated heterocycles. The molecule has 2 rings (SSSR count). The summed E-state index contributed by atoms with van der Waals surface area (Å²) in [4.78, 5) is 2.33. The normalized spacial score (nSPS) is 21.8. The number of hydrogen-bond donors (Lipinski definition) is 1. The Balaban J connectivity index is 2.20. The first-order chi connectivity index (χ1) is 10.2. The summed E-state index contributed by atoms with van der Waals surface area (Å²) in [5.74, 6) is 0.705. The molecule has 2 unspecified atom stereocenters. The van der Waals surface area contributed by atoms with Crippen LogP contribution in [-0.2, 0) is 6.54 Å². The molecule has 1 fully saturated rings. The molecule has 1 aromatic rings. The Morgan fingerprint density at radius 1 is 1.33 bits per heavy atom. The van der Waals surface area contributed by atoms with Crippen molar-refractivity contribution < 1.29 is 0 Å². The van der Waals surface area contributed by atoms with E-state index in [-0.39, 0.29) is 0 Å². The van der Waals surface area contributed by atoms with Gasteiger partial charge in [0.25, 0.3) is 0 Å². The predicted octanol–water partition coefficient (Wildman–Crippen LogP) is 3.68. The summed E-state index contributed by atoms with van der Waals surface area (Å²) in [7, 11) is 2.15. The van der Waals surface area contributed by atoms with Crippen LogP contribution in [0.4, 0.5) is 5.69 Å². The minimum Gasteiger partial charge on any atom is -0.370 e. The molecular formula is C18H27N3. The lowest BCUT2D eigenvalue weighted by Crippen LogP contribution is -2.39. The number of nitriles is 1. The van der Waals surface area contributed by atoms with Gasteiger partial charge in [-0.2, -0.15) is 5.26 Å². The first kappa shape index (κ1) is 15.9. The Morgan fingerprint density at radius 3 is 2.76 bits per heavy atom. The van der Waals surface area contributed by atoms with Gasteiger partial charge in [0.05, 0.1) is 11.3 Å². The zero-order chi connectivity index (χ0) is 15.2. The van der Waals surface area contributed by atoms with Crippen molar-refractivity contribution in [3.63, 3.8) is 0 Å². The summed E-state index contributed by atoms with van der Waals surface area (Å²) >= 11 is 0. The summed E-state index contributed by atoms with van der Waals surface area (Å²) in [6.07, 6.45) is 5.19. The fourth-order valence-corrected chi connectivity index (χ4v) is 3.41. The van der Waals surface area contributed by atoms with Crippen molar-refractivity contribution in [1.29, 1.82) is 5.26 Å². The Morgan fingerprint density at radius 2 is 2.10 bits per heavy atom. The molecule has 2 atom stereocenters. The van der Waals surface area contributed by atoms with E-state index in [4.69, 9.17) is 0 Å². The van der Waals surface area contributed by atoms with Crippen LogP contribution < -0.4 is 10.2 Å². The second-order valence-electron chi connectivity index (χ2n) is 6.18. The zero-order valence-electron chi connectivity index (χ0n) is 13.5. The van der Waals surface area contributed by atoms with Crippen LogP contribution in [0.25, 0.3) is 0 Å². The van der Waals surface area contributed by atoms with E-state index < -0.39 is 0 Å². The minimum atomic E-state index is 0.561. The highest BCUT2D eigenvalue weighted by Gasteiger charge is 2.26. The second kappa shape index (κ2) is 7.47. The topological polar surface area (TPSA) is 39.1 Å². The van der Waals surface area contributed by atoms with E-state index in [0.29, 0.717) is 12.0 Å². The fraction of sp³-hybridized carbons (Fsp3) is 0.611. The number of rotatable bonds is 5. The molecule has 3 heteroatoms. The van der Waals surface area contributed by atoms with Gasteiger partial charge in [-0.15, -0.1) is 0 Å². The van der Waals surface area contributed by atoms with Crippen molar-refractivity contribution in [1.82, 2.24) is 5.32 Å². The highest BCUT2D eigenvalue weighted by molar-refractivity contribution is 5.60. The molecule has 3 nitrogen and oxygen atoms in total. The number of anilines is 1. The van der Waals surface area contributed by atoms with Crippen LogP contribution in [0.2, 0.25) is 0 Å². The third-order valence-corrected chi connectivity index (χ3v) is 4.70. The van der Waals surface area contributed by atoms with Crippen molar-refractivity contribution in [3.05, 3.63) is 29.3 Å². The standard InChI is InChI=1S/C18H27N3/c1-4-20-13-15-9-10-18(16(11-15)12-19)21(3)17-8-6-5-7-14(17)2/h9-11,14,17,20H,4-8,13H2,1-3H3. The van der Waals surface area contributed by atoms with Crippen LogP contribution >= 0.6 is 0 Å². The quantitative estimate of drug-likeness (QED) is 0.897. The van der Waals surface area contributed by atoms with Crippen molar-refractivity contribution in [2.75, 3.05) is 18.5 Å². The van der Waals surface area contributed by atoms with Gasteiger partial charge in [-0.05, 0) is 43.0 Å². The molecule has 1 aromatic carbocycles. The van der Waals surface area contributed by atoms with E-state index >= 15 is 0 Å². The molecule has 21 heavy (non-hydrogen) atoms. The van der Waals surface area contributed by atoms with E-state index in [1.54, 1.807) is 0 Å². The van der Waals surface area contributed by atoms with Gasteiger partial charge in [0.1, 0.15) is 6.07 Å². The third-order valence-electron chi connectivity index (χ3n) is 4.70. The number of benzene rings is 1. The lowest BCUT2D eigenvalue weighted by atomic mass is 9.84. The zero-order valence-corrected chi connectivity index (χ0v) is 13.5. The first-order valence-electron chi connectivity index (χ1n) is 8.14. The Bertz CT molecular complexity index is 504. The molecule has 1 saturated carbocycles. The maximum Gasteiger partial charge on any atom is 0.101 e. The van der Waals surface area contributed by atoms with E-state index in [9.17, 15) is 5.26 Å². The fourth-order valence-electron chi connectivity index (χ4n) is 3.41. The van der Waals surface area contributed by atoms with E-state index in [0.717, 1.165) is 24.3 Å². The maximum atomic E-state index is 9.48. The van der Waals surface area contributed by atoms with Gasteiger partial charge in [0.2, 0.25) is 0 Å². The Labute approximate surface area is 129 Å². The van der Waals surface area contributed by atoms with Crippen molar-refractivity contribution in [3.8, 4) is 6.07 Å². The third kappa shape index (κ3) is 3.77. The van der Waals surface area contributed by atoms with Crippen LogP contribution in [0.1, 0.15) is 50.7 Å². The summed E-state index contributed by atoms with van der Waals surface area (Å²) in [5.41, 5.74) is 3.06. The van der Waals surface area contributed by atoms with Crippen LogP contribution in [0.15, 0.2) is 18.2 Å². The molecule has 1 aliphatic carbocycles. The van der Waals surface area contributed by atoms with Crippen LogP contribution in [-0.4, -0.2) is 19.6 Å². The predicted molar refractivity (Wildman–Crippen MR) is 88.4 cm³/mol. The molecule has 1 aliphatic rings. The second-order valence-corrected chi connectivity index (χ2v) is 6.18. The summed E-state index contributed by atoms with van der Waals surface area (Å²) in [5, 5.41) is 12.8. The maximum absolute atomic E-state index is 9.48. The molecular weight excluding hydrogens is 258 g/mol. The highest BCUT2D eigenvalue weighted by atomic mass is 15.1. The lowest BCUT2D eigenvalue weighted by Gasteiger charge is -2.38. The van der Waals surface area contributed by atoms with Gasteiger partial charge in [-0.1, -0.05) is 32.8 Å². The molecule has 0 amide bonds. The van der Waals surface area contributed by atoms with Gasteiger partial charge in [0.15, 0.2) is 0 Å². The monoisotopic (exact) mass is 285 g/mol. The van der Waals surface area contributed by atoms with Gasteiger partial charge in [0, 0.05) is 19.6 Å². The average molecular weight is 285 g/mol. The van der Waals surface area contributed by atoms with Gasteiger partial charge < -0.3 is 10.2 Å². The van der Waals surface area contributed by atoms with Crippen molar-refractivity contribution >= 4 is 5.69 Å². The minimum absolute atomic E-state index is 0.561. The smallest absolute Gasteiger partial charge is 0.101 e. The summed E-state index contributed by atoms with van der Waals surface area (Å²) in [6, 6.07) is 9.23. The van der Waals surface area contributed by atoms with Crippen LogP contribution in [0.5, 0.6) is 0 Å². The van der Waals surface area contributed by atoms with Crippen LogP contribution in [0, 0.1) is 17.2 Å². The molecule has 0 bridgehead atoms. The van der Waals surface area contributed by atoms with E-state index in [1.807, 2.05) is 6.07 Å². The lowest BCUT2D eigenvalue weighted by molar-refractivity contribution is 0.321. The van der Waals surface area contributed by atoms with Gasteiger partial charge in [-0.3, -0.25) is 0 Å². The molecule has 0 aliphatic heterocycles. The van der Waals surface area contributed by atoms with E-state index in [1.165, 1.54) is 31.2 Å².